The summed E-state index contributed by atoms with van der Waals surface area (Å²) in [7, 11) is 0. The molecule has 84 valence electrons. The number of allylic oxidation sites excluding steroid dienone is 2. The Kier molecular flexibility index (Phi) is 1.92. The van der Waals surface area contributed by atoms with Crippen LogP contribution in [0.4, 0.5) is 0 Å². The van der Waals surface area contributed by atoms with Crippen LogP contribution in [-0.4, -0.2) is 0 Å². The van der Waals surface area contributed by atoms with Gasteiger partial charge in [-0.1, -0.05) is 31.4 Å². The third-order valence-corrected chi connectivity index (χ3v) is 5.73. The van der Waals surface area contributed by atoms with Gasteiger partial charge in [-0.3, -0.25) is 0 Å². The first-order valence-corrected chi connectivity index (χ1v) is 6.75. The van der Waals surface area contributed by atoms with Gasteiger partial charge in [0, 0.05) is 0 Å². The Bertz CT molecular complexity index is 325. The summed E-state index contributed by atoms with van der Waals surface area (Å²) in [6.07, 6.45) is 10.4. The van der Waals surface area contributed by atoms with Crippen molar-refractivity contribution in [3.05, 3.63) is 11.1 Å². The Hall–Kier alpha value is -0.260. The van der Waals surface area contributed by atoms with E-state index in [2.05, 4.69) is 20.8 Å². The van der Waals surface area contributed by atoms with Crippen molar-refractivity contribution < 1.29 is 0 Å². The van der Waals surface area contributed by atoms with E-state index in [-0.39, 0.29) is 0 Å². The van der Waals surface area contributed by atoms with Gasteiger partial charge in [-0.2, -0.15) is 0 Å². The molecule has 0 amide bonds. The lowest BCUT2D eigenvalue weighted by Crippen LogP contribution is -2.39. The highest BCUT2D eigenvalue weighted by Gasteiger charge is 2.51. The summed E-state index contributed by atoms with van der Waals surface area (Å²) in [4.78, 5) is 0. The van der Waals surface area contributed by atoms with Crippen molar-refractivity contribution in [3.8, 4) is 0 Å². The van der Waals surface area contributed by atoms with Crippen LogP contribution < -0.4 is 0 Å². The second-order valence-corrected chi connectivity index (χ2v) is 6.89. The summed E-state index contributed by atoms with van der Waals surface area (Å²) in [6.45, 7) is 7.40. The van der Waals surface area contributed by atoms with Crippen molar-refractivity contribution in [2.75, 3.05) is 0 Å². The quantitative estimate of drug-likeness (QED) is 0.502. The fourth-order valence-electron chi connectivity index (χ4n) is 4.96. The average Bonchev–Trinajstić information content (AvgIpc) is 2.36. The van der Waals surface area contributed by atoms with Gasteiger partial charge in [-0.25, -0.2) is 0 Å². The Balaban J connectivity index is 2.02. The van der Waals surface area contributed by atoms with Crippen molar-refractivity contribution in [1.82, 2.24) is 0 Å². The number of hydrogen-bond donors (Lipinski definition) is 0. The summed E-state index contributed by atoms with van der Waals surface area (Å²) in [6, 6.07) is 0. The summed E-state index contributed by atoms with van der Waals surface area (Å²) < 4.78 is 0. The number of hydrogen-bond acceptors (Lipinski definition) is 0. The van der Waals surface area contributed by atoms with Crippen molar-refractivity contribution >= 4 is 0 Å². The van der Waals surface area contributed by atoms with Crippen LogP contribution in [0.15, 0.2) is 11.1 Å². The predicted octanol–water partition coefficient (Wildman–Crippen LogP) is 4.70. The van der Waals surface area contributed by atoms with Crippen LogP contribution in [0.1, 0.15) is 65.7 Å². The van der Waals surface area contributed by atoms with Crippen molar-refractivity contribution in [2.24, 2.45) is 16.7 Å². The zero-order valence-corrected chi connectivity index (χ0v) is 10.5. The largest absolute Gasteiger partial charge is 0.0707 e. The molecule has 0 aromatic heterocycles. The highest BCUT2D eigenvalue weighted by molar-refractivity contribution is 5.32. The molecule has 0 nitrogen and oxygen atoms in total. The number of fused-ring (bicyclic) bond motifs is 1. The molecule has 0 aliphatic heterocycles. The fourth-order valence-corrected chi connectivity index (χ4v) is 4.96. The topological polar surface area (TPSA) is 0 Å². The summed E-state index contributed by atoms with van der Waals surface area (Å²) in [5.74, 6) is 0.875. The molecule has 3 aliphatic rings. The molecule has 2 bridgehead atoms. The van der Waals surface area contributed by atoms with E-state index in [9.17, 15) is 0 Å². The van der Waals surface area contributed by atoms with Gasteiger partial charge in [0.2, 0.25) is 0 Å². The summed E-state index contributed by atoms with van der Waals surface area (Å²) in [5, 5.41) is 0. The van der Waals surface area contributed by atoms with Crippen LogP contribution in [0.25, 0.3) is 0 Å². The van der Waals surface area contributed by atoms with Crippen molar-refractivity contribution in [2.45, 2.75) is 65.7 Å². The van der Waals surface area contributed by atoms with Gasteiger partial charge in [-0.05, 0) is 62.2 Å². The normalized spacial score (nSPS) is 49.4. The minimum absolute atomic E-state index is 0.675. The minimum Gasteiger partial charge on any atom is -0.0707 e. The number of rotatable bonds is 0. The highest BCUT2D eigenvalue weighted by atomic mass is 14.6. The first-order valence-electron chi connectivity index (χ1n) is 6.75. The molecular formula is C15H24. The lowest BCUT2D eigenvalue weighted by Gasteiger charge is -2.51. The molecule has 0 aromatic rings. The van der Waals surface area contributed by atoms with E-state index in [4.69, 9.17) is 0 Å². The van der Waals surface area contributed by atoms with Gasteiger partial charge in [0.1, 0.15) is 0 Å². The summed E-state index contributed by atoms with van der Waals surface area (Å²) in [5.41, 5.74) is 5.03. The van der Waals surface area contributed by atoms with Gasteiger partial charge < -0.3 is 0 Å². The zero-order chi connectivity index (χ0) is 10.7. The van der Waals surface area contributed by atoms with E-state index in [1.807, 2.05) is 5.57 Å². The maximum Gasteiger partial charge on any atom is -0.00746 e. The van der Waals surface area contributed by atoms with Gasteiger partial charge in [0.15, 0.2) is 0 Å². The van der Waals surface area contributed by atoms with E-state index >= 15 is 0 Å². The van der Waals surface area contributed by atoms with Crippen molar-refractivity contribution in [1.29, 1.82) is 0 Å². The van der Waals surface area contributed by atoms with Crippen molar-refractivity contribution in [3.63, 3.8) is 0 Å². The lowest BCUT2D eigenvalue weighted by atomic mass is 9.54. The third kappa shape index (κ3) is 1.26. The average molecular weight is 204 g/mol. The SMILES string of the molecule is CC1=C2CCC3(C)CCCC2(CC1C)C3. The zero-order valence-electron chi connectivity index (χ0n) is 10.5. The molecule has 3 atom stereocenters. The molecule has 0 radical (unpaired) electrons. The first kappa shape index (κ1) is 9.93. The van der Waals surface area contributed by atoms with Crippen LogP contribution in [0.2, 0.25) is 0 Å². The van der Waals surface area contributed by atoms with E-state index in [1.165, 1.54) is 44.9 Å². The standard InChI is InChI=1S/C15H24/c1-11-9-15-7-4-6-14(3,10-15)8-5-13(15)12(11)2/h11H,4-10H2,1-3H3. The smallest absolute Gasteiger partial charge is 0.00746 e. The third-order valence-electron chi connectivity index (χ3n) is 5.73. The van der Waals surface area contributed by atoms with E-state index in [0.29, 0.717) is 10.8 Å². The van der Waals surface area contributed by atoms with Gasteiger partial charge >= 0.3 is 0 Å². The van der Waals surface area contributed by atoms with Crippen LogP contribution in [-0.2, 0) is 0 Å². The Morgan fingerprint density at radius 1 is 1.20 bits per heavy atom. The fraction of sp³-hybridized carbons (Fsp3) is 0.867. The molecule has 0 aromatic carbocycles. The molecule has 0 N–H and O–H groups in total. The van der Waals surface area contributed by atoms with Crippen LogP contribution in [0.3, 0.4) is 0 Å². The van der Waals surface area contributed by atoms with E-state index in [0.717, 1.165) is 5.92 Å². The maximum absolute atomic E-state index is 2.54. The molecule has 15 heavy (non-hydrogen) atoms. The molecule has 0 saturated heterocycles. The molecule has 2 saturated carbocycles. The van der Waals surface area contributed by atoms with Gasteiger partial charge in [0.25, 0.3) is 0 Å². The van der Waals surface area contributed by atoms with Crippen LogP contribution in [0.5, 0.6) is 0 Å². The molecular weight excluding hydrogens is 180 g/mol. The van der Waals surface area contributed by atoms with E-state index in [1.54, 1.807) is 5.57 Å². The highest BCUT2D eigenvalue weighted by Crippen LogP contribution is 2.64. The predicted molar refractivity (Wildman–Crippen MR) is 64.7 cm³/mol. The molecule has 2 fully saturated rings. The van der Waals surface area contributed by atoms with E-state index < -0.39 is 0 Å². The molecule has 3 rings (SSSR count). The summed E-state index contributed by atoms with van der Waals surface area (Å²) >= 11 is 0. The Labute approximate surface area is 94.1 Å². The van der Waals surface area contributed by atoms with Crippen LogP contribution in [0, 0.1) is 16.7 Å². The first-order chi connectivity index (χ1) is 7.05. The van der Waals surface area contributed by atoms with Gasteiger partial charge in [-0.15, -0.1) is 0 Å². The van der Waals surface area contributed by atoms with Gasteiger partial charge in [0.05, 0.1) is 0 Å². The Morgan fingerprint density at radius 3 is 2.80 bits per heavy atom. The maximum atomic E-state index is 2.54. The molecule has 0 heteroatoms. The Morgan fingerprint density at radius 2 is 2.00 bits per heavy atom. The minimum atomic E-state index is 0.675. The molecule has 3 aliphatic carbocycles. The lowest BCUT2D eigenvalue weighted by molar-refractivity contribution is 0.0554. The monoisotopic (exact) mass is 204 g/mol. The second kappa shape index (κ2) is 2.90. The second-order valence-electron chi connectivity index (χ2n) is 6.89. The van der Waals surface area contributed by atoms with Crippen LogP contribution >= 0.6 is 0 Å². The molecule has 3 unspecified atom stereocenters. The molecule has 0 heterocycles. The molecule has 1 spiro atoms.